The normalized spacial score (nSPS) is 16.3. The first kappa shape index (κ1) is 22.4. The van der Waals surface area contributed by atoms with E-state index in [1.54, 1.807) is 31.2 Å². The lowest BCUT2D eigenvalue weighted by Gasteiger charge is -2.19. The van der Waals surface area contributed by atoms with Gasteiger partial charge in [-0.05, 0) is 80.1 Å². The number of phenols is 1. The first-order valence-electron chi connectivity index (χ1n) is 11.3. The minimum atomic E-state index is -0.616. The van der Waals surface area contributed by atoms with Crippen LogP contribution in [0.25, 0.3) is 11.3 Å². The van der Waals surface area contributed by atoms with Gasteiger partial charge >= 0.3 is 11.9 Å². The van der Waals surface area contributed by atoms with Crippen molar-refractivity contribution in [3.8, 4) is 17.1 Å². The van der Waals surface area contributed by atoms with Gasteiger partial charge in [0.05, 0.1) is 29.8 Å². The Hall–Kier alpha value is -4.40. The quantitative estimate of drug-likeness (QED) is 0.321. The fraction of sp³-hybridized carbons (Fsp3) is 0.231. The summed E-state index contributed by atoms with van der Waals surface area (Å²) in [6.45, 7) is 1.71. The molecule has 1 aliphatic carbocycles. The number of rotatable bonds is 5. The molecule has 178 valence electrons. The molecule has 35 heavy (non-hydrogen) atoms. The van der Waals surface area contributed by atoms with Crippen molar-refractivity contribution in [2.45, 2.75) is 32.6 Å². The molecule has 0 saturated heterocycles. The number of nitrogens with zero attached hydrogens (tertiary/aromatic N) is 3. The van der Waals surface area contributed by atoms with Crippen LogP contribution in [0.3, 0.4) is 0 Å². The van der Waals surface area contributed by atoms with Crippen LogP contribution in [-0.2, 0) is 22.4 Å². The molecule has 0 atom stereocenters. The summed E-state index contributed by atoms with van der Waals surface area (Å²) in [5.41, 5.74) is 7.29. The molecule has 0 radical (unpaired) electrons. The van der Waals surface area contributed by atoms with Crippen molar-refractivity contribution in [2.75, 3.05) is 17.5 Å². The molecule has 2 heterocycles. The molecule has 0 spiro atoms. The zero-order valence-corrected chi connectivity index (χ0v) is 19.4. The van der Waals surface area contributed by atoms with Gasteiger partial charge in [-0.3, -0.25) is 10.2 Å². The van der Waals surface area contributed by atoms with Crippen molar-refractivity contribution >= 4 is 34.7 Å². The molecule has 9 heteroatoms. The summed E-state index contributed by atoms with van der Waals surface area (Å²) < 4.78 is 10.1. The maximum Gasteiger partial charge on any atom is 0.373 e. The Morgan fingerprint density at radius 1 is 1.14 bits per heavy atom. The van der Waals surface area contributed by atoms with Crippen LogP contribution >= 0.6 is 0 Å². The van der Waals surface area contributed by atoms with Gasteiger partial charge in [0.2, 0.25) is 5.76 Å². The first-order chi connectivity index (χ1) is 17.0. The van der Waals surface area contributed by atoms with Gasteiger partial charge < -0.3 is 14.3 Å². The Morgan fingerprint density at radius 2 is 1.94 bits per heavy atom. The fourth-order valence-electron chi connectivity index (χ4n) is 4.29. The van der Waals surface area contributed by atoms with Crippen molar-refractivity contribution in [3.63, 3.8) is 0 Å². The molecule has 2 N–H and O–H groups in total. The van der Waals surface area contributed by atoms with E-state index in [0.717, 1.165) is 19.3 Å². The number of hydrazone groups is 2. The summed E-state index contributed by atoms with van der Waals surface area (Å²) in [7, 11) is 1.26. The number of phenolic OH excluding ortho intramolecular Hbond substituents is 1. The van der Waals surface area contributed by atoms with E-state index < -0.39 is 5.97 Å². The third-order valence-electron chi connectivity index (χ3n) is 6.15. The van der Waals surface area contributed by atoms with Crippen LogP contribution in [0.5, 0.6) is 5.75 Å². The van der Waals surface area contributed by atoms with Gasteiger partial charge in [0.15, 0.2) is 11.5 Å². The van der Waals surface area contributed by atoms with E-state index in [2.05, 4.69) is 26.4 Å². The number of carbonyl (C=O) groups is 2. The van der Waals surface area contributed by atoms with Crippen LogP contribution in [0.15, 0.2) is 63.2 Å². The number of ether oxygens (including phenoxy) is 1. The third kappa shape index (κ3) is 4.16. The Bertz CT molecular complexity index is 1390. The maximum atomic E-state index is 13.1. The Morgan fingerprint density at radius 3 is 2.74 bits per heavy atom. The van der Waals surface area contributed by atoms with E-state index in [4.69, 9.17) is 4.42 Å². The number of fused-ring (bicyclic) bond motifs is 1. The van der Waals surface area contributed by atoms with Gasteiger partial charge in [0.25, 0.3) is 0 Å². The molecule has 2 aliphatic rings. The van der Waals surface area contributed by atoms with E-state index in [0.29, 0.717) is 17.0 Å². The summed E-state index contributed by atoms with van der Waals surface area (Å²) in [6, 6.07) is 14.0. The lowest BCUT2D eigenvalue weighted by Crippen LogP contribution is -2.28. The molecule has 9 nitrogen and oxygen atoms in total. The first-order valence-corrected chi connectivity index (χ1v) is 11.3. The number of furan rings is 1. The highest BCUT2D eigenvalue weighted by molar-refractivity contribution is 6.71. The topological polar surface area (TPSA) is 117 Å². The van der Waals surface area contributed by atoms with Crippen LogP contribution in [0, 0.1) is 0 Å². The molecule has 1 amide bonds. The van der Waals surface area contributed by atoms with Crippen LogP contribution in [0.2, 0.25) is 0 Å². The number of benzene rings is 2. The van der Waals surface area contributed by atoms with Gasteiger partial charge in [-0.2, -0.15) is 15.2 Å². The summed E-state index contributed by atoms with van der Waals surface area (Å²) >= 11 is 0. The van der Waals surface area contributed by atoms with Crippen molar-refractivity contribution in [3.05, 3.63) is 65.4 Å². The molecular weight excluding hydrogens is 448 g/mol. The standard InChI is InChI=1S/C26H24N4O5/c1-15-23(25(32)30(29-15)18-11-10-16-6-3-4-7-17(16)14-18)28-27-20-9-5-8-19(24(20)31)21-12-13-22(35-21)26(33)34-2/h5,8-14,27,31H,3-4,6-7H2,1-2H3/b28-23-. The zero-order chi connectivity index (χ0) is 24.5. The summed E-state index contributed by atoms with van der Waals surface area (Å²) in [5.74, 6) is -0.808. The van der Waals surface area contributed by atoms with E-state index in [9.17, 15) is 14.7 Å². The number of aromatic hydroxyl groups is 1. The number of esters is 1. The molecule has 1 aromatic heterocycles. The fourth-order valence-corrected chi connectivity index (χ4v) is 4.29. The number of anilines is 2. The van der Waals surface area contributed by atoms with E-state index in [-0.39, 0.29) is 34.6 Å². The number of amides is 1. The molecule has 0 unspecified atom stereocenters. The van der Waals surface area contributed by atoms with Crippen molar-refractivity contribution in [1.29, 1.82) is 0 Å². The average molecular weight is 473 g/mol. The van der Waals surface area contributed by atoms with Crippen LogP contribution < -0.4 is 10.4 Å². The summed E-state index contributed by atoms with van der Waals surface area (Å²) in [5, 5.41) is 20.8. The van der Waals surface area contributed by atoms with Gasteiger partial charge in [-0.25, -0.2) is 4.79 Å². The van der Waals surface area contributed by atoms with Gasteiger partial charge in [0, 0.05) is 0 Å². The second-order valence-corrected chi connectivity index (χ2v) is 8.39. The molecule has 0 fully saturated rings. The second-order valence-electron chi connectivity index (χ2n) is 8.39. The average Bonchev–Trinajstić information content (AvgIpc) is 3.47. The Balaban J connectivity index is 1.37. The largest absolute Gasteiger partial charge is 0.505 e. The number of hydrogen-bond acceptors (Lipinski definition) is 8. The predicted octanol–water partition coefficient (Wildman–Crippen LogP) is 4.51. The van der Waals surface area contributed by atoms with Crippen molar-refractivity contribution in [1.82, 2.24) is 0 Å². The number of para-hydroxylation sites is 1. The van der Waals surface area contributed by atoms with Crippen LogP contribution in [0.1, 0.15) is 41.4 Å². The third-order valence-corrected chi connectivity index (χ3v) is 6.15. The maximum absolute atomic E-state index is 13.1. The molecule has 0 saturated carbocycles. The molecule has 2 aromatic carbocycles. The van der Waals surface area contributed by atoms with Crippen molar-refractivity contribution in [2.24, 2.45) is 10.2 Å². The van der Waals surface area contributed by atoms with Crippen LogP contribution in [-0.4, -0.2) is 35.5 Å². The highest BCUT2D eigenvalue weighted by Crippen LogP contribution is 2.36. The second kappa shape index (κ2) is 9.09. The van der Waals surface area contributed by atoms with E-state index >= 15 is 0 Å². The molecule has 3 aromatic rings. The van der Waals surface area contributed by atoms with Gasteiger partial charge in [-0.1, -0.05) is 12.1 Å². The number of methoxy groups -OCH3 is 1. The predicted molar refractivity (Wildman–Crippen MR) is 132 cm³/mol. The van der Waals surface area contributed by atoms with Gasteiger partial charge in [0.1, 0.15) is 5.76 Å². The number of hydrogen-bond donors (Lipinski definition) is 2. The number of nitrogens with one attached hydrogen (secondary N) is 1. The lowest BCUT2D eigenvalue weighted by atomic mass is 9.91. The Labute approximate surface area is 201 Å². The molecular formula is C26H24N4O5. The SMILES string of the molecule is COC(=O)c1ccc(-c2cccc(N/N=C3\C(=O)N(c4ccc5c(c4)CCCC5)N=C3C)c2O)o1. The van der Waals surface area contributed by atoms with Gasteiger partial charge in [-0.15, -0.1) is 0 Å². The minimum Gasteiger partial charge on any atom is -0.505 e. The monoisotopic (exact) mass is 472 g/mol. The Kier molecular flexibility index (Phi) is 5.82. The molecule has 5 rings (SSSR count). The summed E-state index contributed by atoms with van der Waals surface area (Å²) in [6.07, 6.45) is 4.40. The van der Waals surface area contributed by atoms with E-state index in [1.807, 2.05) is 12.1 Å². The zero-order valence-electron chi connectivity index (χ0n) is 19.4. The van der Waals surface area contributed by atoms with Crippen LogP contribution in [0.4, 0.5) is 11.4 Å². The minimum absolute atomic E-state index is 0.0196. The number of aryl methyl sites for hydroxylation is 2. The highest BCUT2D eigenvalue weighted by atomic mass is 16.5. The molecule has 0 bridgehead atoms. The van der Waals surface area contributed by atoms with Crippen molar-refractivity contribution < 1.29 is 23.8 Å². The highest BCUT2D eigenvalue weighted by Gasteiger charge is 2.31. The number of carbonyl (C=O) groups excluding carboxylic acids is 2. The van der Waals surface area contributed by atoms with E-state index in [1.165, 1.54) is 35.7 Å². The smallest absolute Gasteiger partial charge is 0.373 e. The summed E-state index contributed by atoms with van der Waals surface area (Å²) in [4.78, 5) is 24.8. The molecule has 1 aliphatic heterocycles. The lowest BCUT2D eigenvalue weighted by molar-refractivity contribution is -0.112.